The van der Waals surface area contributed by atoms with Crippen LogP contribution in [0.2, 0.25) is 5.02 Å². The van der Waals surface area contributed by atoms with Gasteiger partial charge in [-0.25, -0.2) is 19.9 Å². The molecule has 3 aromatic heterocycles. The maximum absolute atomic E-state index is 14.3. The van der Waals surface area contributed by atoms with E-state index in [9.17, 15) is 32.7 Å². The number of carbonyl (C=O) groups excluding carboxylic acids is 2. The van der Waals surface area contributed by atoms with Gasteiger partial charge in [-0.15, -0.1) is 0 Å². The van der Waals surface area contributed by atoms with E-state index < -0.39 is 23.6 Å². The first-order valence-corrected chi connectivity index (χ1v) is 16.1. The number of nitrogens with zero attached hydrogens (tertiary/aromatic N) is 8. The fraction of sp³-hybridized carbons (Fsp3) is 0.406. The van der Waals surface area contributed by atoms with Crippen LogP contribution in [0, 0.1) is 6.92 Å². The third kappa shape index (κ3) is 6.69. The van der Waals surface area contributed by atoms with Gasteiger partial charge in [0.05, 0.1) is 28.2 Å². The molecule has 0 aliphatic carbocycles. The summed E-state index contributed by atoms with van der Waals surface area (Å²) in [4.78, 5) is 63.5. The van der Waals surface area contributed by atoms with Crippen LogP contribution >= 0.6 is 11.6 Å². The number of benzene rings is 1. The third-order valence-electron chi connectivity index (χ3n) is 8.75. The molecule has 0 radical (unpaired) electrons. The van der Waals surface area contributed by atoms with Crippen molar-refractivity contribution in [2.24, 2.45) is 0 Å². The molecule has 0 saturated carbocycles. The molecule has 2 fully saturated rings. The van der Waals surface area contributed by atoms with Gasteiger partial charge in [-0.2, -0.15) is 13.2 Å². The number of aromatic hydroxyl groups is 1. The summed E-state index contributed by atoms with van der Waals surface area (Å²) in [5.74, 6) is -0.814. The van der Waals surface area contributed by atoms with E-state index in [1.54, 1.807) is 17.7 Å². The highest BCUT2D eigenvalue weighted by molar-refractivity contribution is 6.33. The van der Waals surface area contributed by atoms with Crippen molar-refractivity contribution in [3.8, 4) is 5.75 Å². The van der Waals surface area contributed by atoms with Crippen LogP contribution in [0.4, 0.5) is 30.4 Å². The van der Waals surface area contributed by atoms with Crippen molar-refractivity contribution in [3.05, 3.63) is 68.6 Å². The van der Waals surface area contributed by atoms with Gasteiger partial charge in [-0.05, 0) is 44.4 Å². The number of anilines is 3. The molecule has 0 atom stereocenters. The lowest BCUT2D eigenvalue weighted by atomic mass is 10.1. The highest BCUT2D eigenvalue weighted by atomic mass is 35.5. The zero-order valence-corrected chi connectivity index (χ0v) is 27.5. The Hall–Kier alpha value is -4.99. The predicted molar refractivity (Wildman–Crippen MR) is 176 cm³/mol. The third-order valence-corrected chi connectivity index (χ3v) is 9.07. The second kappa shape index (κ2) is 13.5. The minimum Gasteiger partial charge on any atom is -0.504 e. The Kier molecular flexibility index (Phi) is 9.33. The molecule has 0 unspecified atom stereocenters. The van der Waals surface area contributed by atoms with Crippen molar-refractivity contribution < 1.29 is 27.9 Å². The Bertz CT molecular complexity index is 1990. The van der Waals surface area contributed by atoms with Crippen LogP contribution in [-0.2, 0) is 23.9 Å². The first-order chi connectivity index (χ1) is 23.4. The number of alkyl halides is 3. The zero-order chi connectivity index (χ0) is 35.0. The average Bonchev–Trinajstić information content (AvgIpc) is 3.62. The maximum Gasteiger partial charge on any atom is 0.416 e. The van der Waals surface area contributed by atoms with E-state index in [4.69, 9.17) is 16.6 Å². The van der Waals surface area contributed by atoms with Crippen LogP contribution in [0.3, 0.4) is 0 Å². The molecule has 5 heterocycles. The summed E-state index contributed by atoms with van der Waals surface area (Å²) in [7, 11) is 0. The van der Waals surface area contributed by atoms with Crippen molar-refractivity contribution in [1.82, 2.24) is 29.4 Å². The van der Waals surface area contributed by atoms with E-state index in [2.05, 4.69) is 20.3 Å². The van der Waals surface area contributed by atoms with Crippen molar-refractivity contribution in [2.45, 2.75) is 45.8 Å². The quantitative estimate of drug-likeness (QED) is 0.290. The summed E-state index contributed by atoms with van der Waals surface area (Å²) in [6.45, 7) is 5.55. The number of hydrogen-bond acceptors (Lipinski definition) is 10. The van der Waals surface area contributed by atoms with Gasteiger partial charge >= 0.3 is 6.18 Å². The van der Waals surface area contributed by atoms with Crippen LogP contribution < -0.4 is 20.5 Å². The van der Waals surface area contributed by atoms with E-state index in [1.807, 2.05) is 16.7 Å². The molecule has 4 aromatic rings. The molecule has 1 aromatic carbocycles. The summed E-state index contributed by atoms with van der Waals surface area (Å²) in [6, 6.07) is 2.66. The summed E-state index contributed by atoms with van der Waals surface area (Å²) in [5.41, 5.74) is -0.0815. The van der Waals surface area contributed by atoms with Gasteiger partial charge in [-0.1, -0.05) is 18.5 Å². The van der Waals surface area contributed by atoms with E-state index >= 15 is 0 Å². The number of rotatable bonds is 7. The molecule has 2 amide bonds. The fourth-order valence-electron chi connectivity index (χ4n) is 6.21. The van der Waals surface area contributed by atoms with Crippen molar-refractivity contribution in [1.29, 1.82) is 0 Å². The number of pyridine rings is 1. The van der Waals surface area contributed by atoms with E-state index in [-0.39, 0.29) is 77.2 Å². The van der Waals surface area contributed by atoms with Crippen LogP contribution in [-0.4, -0.2) is 85.6 Å². The second-order valence-electron chi connectivity index (χ2n) is 11.8. The van der Waals surface area contributed by atoms with Gasteiger partial charge < -0.3 is 29.7 Å². The lowest BCUT2D eigenvalue weighted by Gasteiger charge is -2.37. The Labute approximate surface area is 283 Å². The van der Waals surface area contributed by atoms with Gasteiger partial charge in [0.2, 0.25) is 11.3 Å². The molecule has 0 spiro atoms. The first-order valence-electron chi connectivity index (χ1n) is 15.8. The van der Waals surface area contributed by atoms with Crippen LogP contribution in [0.15, 0.2) is 35.5 Å². The largest absolute Gasteiger partial charge is 0.504 e. The summed E-state index contributed by atoms with van der Waals surface area (Å²) < 4.78 is 41.1. The molecule has 2 aliphatic heterocycles. The molecule has 17 heteroatoms. The molecule has 13 nitrogen and oxygen atoms in total. The minimum atomic E-state index is -4.60. The minimum absolute atomic E-state index is 0.00333. The molecule has 2 saturated heterocycles. The first kappa shape index (κ1) is 33.9. The monoisotopic (exact) mass is 699 g/mol. The van der Waals surface area contributed by atoms with E-state index in [0.29, 0.717) is 23.6 Å². The number of piperazine rings is 1. The van der Waals surface area contributed by atoms with E-state index in [0.717, 1.165) is 44.1 Å². The summed E-state index contributed by atoms with van der Waals surface area (Å²) in [6.07, 6.45) is 0.454. The van der Waals surface area contributed by atoms with E-state index in [1.165, 1.54) is 11.2 Å². The number of fused-ring (bicyclic) bond motifs is 1. The molecule has 2 aliphatic rings. The fourth-order valence-corrected chi connectivity index (χ4v) is 6.44. The molecular formula is C32H33ClF3N9O4. The van der Waals surface area contributed by atoms with Crippen LogP contribution in [0.5, 0.6) is 5.75 Å². The number of aryl methyl sites for hydroxylation is 1. The summed E-state index contributed by atoms with van der Waals surface area (Å²) >= 11 is 6.11. The highest BCUT2D eigenvalue weighted by Gasteiger charge is 2.32. The molecule has 2 N–H and O–H groups in total. The van der Waals surface area contributed by atoms with Crippen LogP contribution in [0.25, 0.3) is 11.2 Å². The van der Waals surface area contributed by atoms with Crippen molar-refractivity contribution >= 4 is 51.8 Å². The number of aromatic nitrogens is 5. The Balaban J connectivity index is 1.35. The Morgan fingerprint density at radius 1 is 1.02 bits per heavy atom. The smallest absolute Gasteiger partial charge is 0.416 e. The SMILES string of the molecule is CCc1c(N2CCN(C(=O)c3ncnc(C)c3O)CC2)c(=O)c2nc(N3CCCC3)cnc2n1CC(=O)Nc1ccc(C(F)(F)F)cc1Cl. The molecule has 258 valence electrons. The number of carbonyl (C=O) groups is 2. The lowest BCUT2D eigenvalue weighted by Crippen LogP contribution is -2.50. The number of nitrogens with one attached hydrogen (secondary N) is 1. The number of hydrogen-bond donors (Lipinski definition) is 2. The van der Waals surface area contributed by atoms with Gasteiger partial charge in [0.1, 0.15) is 24.4 Å². The Morgan fingerprint density at radius 2 is 1.73 bits per heavy atom. The van der Waals surface area contributed by atoms with Gasteiger partial charge in [0, 0.05) is 45.0 Å². The molecule has 6 rings (SSSR count). The molecule has 0 bridgehead atoms. The van der Waals surface area contributed by atoms with Crippen molar-refractivity contribution in [3.63, 3.8) is 0 Å². The van der Waals surface area contributed by atoms with Gasteiger partial charge in [0.15, 0.2) is 22.6 Å². The van der Waals surface area contributed by atoms with Crippen LogP contribution in [0.1, 0.15) is 47.2 Å². The number of amides is 2. The predicted octanol–water partition coefficient (Wildman–Crippen LogP) is 4.03. The topological polar surface area (TPSA) is 150 Å². The summed E-state index contributed by atoms with van der Waals surface area (Å²) in [5, 5.41) is 12.7. The average molecular weight is 700 g/mol. The molecule has 49 heavy (non-hydrogen) atoms. The zero-order valence-electron chi connectivity index (χ0n) is 26.7. The van der Waals surface area contributed by atoms with Crippen molar-refractivity contribution in [2.75, 3.05) is 54.4 Å². The molecular weight excluding hydrogens is 667 g/mol. The normalized spacial score (nSPS) is 15.3. The maximum atomic E-state index is 14.3. The van der Waals surface area contributed by atoms with Gasteiger partial charge in [0.25, 0.3) is 5.91 Å². The standard InChI is InChI=1S/C32H33ClF3N9O4/c1-3-22-27(43-10-12-44(13-11-43)31(49)26-28(47)18(2)38-17-39-26)29(48)25-30(37-15-23(41-25)42-8-4-5-9-42)45(22)16-24(46)40-21-7-6-19(14-20(21)33)32(34,35)36/h6-7,14-15,17,47H,3-5,8-13,16H2,1-2H3,(H,40,46). The van der Waals surface area contributed by atoms with Gasteiger partial charge in [-0.3, -0.25) is 14.4 Å². The second-order valence-corrected chi connectivity index (χ2v) is 12.2. The number of halogens is 4. The Morgan fingerprint density at radius 3 is 2.39 bits per heavy atom. The lowest BCUT2D eigenvalue weighted by molar-refractivity contribution is -0.137. The highest BCUT2D eigenvalue weighted by Crippen LogP contribution is 2.34.